The van der Waals surface area contributed by atoms with E-state index < -0.39 is 18.1 Å². The Bertz CT molecular complexity index is 420. The summed E-state index contributed by atoms with van der Waals surface area (Å²) >= 11 is 3.31. The highest BCUT2D eigenvalue weighted by Crippen LogP contribution is 2.18. The molecule has 7 heteroatoms. The number of aliphatic carboxylic acids is 1. The van der Waals surface area contributed by atoms with Crippen LogP contribution in [0.25, 0.3) is 0 Å². The molecule has 1 amide bonds. The van der Waals surface area contributed by atoms with Gasteiger partial charge in [0.2, 0.25) is 0 Å². The Morgan fingerprint density at radius 2 is 2.24 bits per heavy atom. The van der Waals surface area contributed by atoms with Crippen LogP contribution in [0.5, 0.6) is 0 Å². The molecule has 94 valence electrons. The van der Waals surface area contributed by atoms with Gasteiger partial charge in [0.05, 0.1) is 6.10 Å². The maximum atomic E-state index is 11.8. The van der Waals surface area contributed by atoms with Crippen LogP contribution in [-0.2, 0) is 9.53 Å². The van der Waals surface area contributed by atoms with Gasteiger partial charge in [-0.1, -0.05) is 0 Å². The van der Waals surface area contributed by atoms with Crippen LogP contribution >= 0.6 is 33.9 Å². The van der Waals surface area contributed by atoms with Crippen molar-refractivity contribution in [3.8, 4) is 0 Å². The number of carboxylic acid groups (broad SMARTS) is 1. The highest BCUT2D eigenvalue weighted by molar-refractivity contribution is 14.1. The molecule has 2 N–H and O–H groups in total. The SMILES string of the molecule is CO[C@H](C)[C@H](NC(=O)c1sccc1I)C(=O)O. The van der Waals surface area contributed by atoms with Gasteiger partial charge in [-0.15, -0.1) is 11.3 Å². The maximum Gasteiger partial charge on any atom is 0.328 e. The van der Waals surface area contributed by atoms with Crippen molar-refractivity contribution >= 4 is 45.8 Å². The van der Waals surface area contributed by atoms with Crippen LogP contribution in [0, 0.1) is 3.57 Å². The third-order valence-electron chi connectivity index (χ3n) is 2.22. The number of carboxylic acids is 1. The van der Waals surface area contributed by atoms with E-state index in [1.807, 2.05) is 22.6 Å². The van der Waals surface area contributed by atoms with E-state index in [0.29, 0.717) is 4.88 Å². The molecule has 0 saturated heterocycles. The molecule has 0 aromatic carbocycles. The summed E-state index contributed by atoms with van der Waals surface area (Å²) in [6.07, 6.45) is -0.589. The molecule has 1 heterocycles. The van der Waals surface area contributed by atoms with E-state index >= 15 is 0 Å². The minimum absolute atomic E-state index is 0.388. The molecule has 0 spiro atoms. The van der Waals surface area contributed by atoms with Gasteiger partial charge in [0, 0.05) is 10.7 Å². The Kier molecular flexibility index (Phi) is 5.34. The van der Waals surface area contributed by atoms with Crippen molar-refractivity contribution in [2.75, 3.05) is 7.11 Å². The fourth-order valence-corrected chi connectivity index (χ4v) is 2.92. The fraction of sp³-hybridized carbons (Fsp3) is 0.400. The van der Waals surface area contributed by atoms with Gasteiger partial charge in [-0.3, -0.25) is 4.79 Å². The van der Waals surface area contributed by atoms with Crippen molar-refractivity contribution in [3.05, 3.63) is 19.9 Å². The minimum Gasteiger partial charge on any atom is -0.480 e. The molecular formula is C10H12INO4S. The Hall–Kier alpha value is -0.670. The number of hydrogen-bond donors (Lipinski definition) is 2. The van der Waals surface area contributed by atoms with Crippen LogP contribution in [0.3, 0.4) is 0 Å². The third kappa shape index (κ3) is 3.65. The molecule has 17 heavy (non-hydrogen) atoms. The van der Waals surface area contributed by atoms with Crippen LogP contribution in [0.4, 0.5) is 0 Å². The smallest absolute Gasteiger partial charge is 0.328 e. The zero-order valence-electron chi connectivity index (χ0n) is 9.27. The number of carbonyl (C=O) groups excluding carboxylic acids is 1. The maximum absolute atomic E-state index is 11.8. The second kappa shape index (κ2) is 6.31. The molecule has 0 unspecified atom stereocenters. The van der Waals surface area contributed by atoms with Crippen LogP contribution in [0.2, 0.25) is 0 Å². The molecule has 0 fully saturated rings. The Balaban J connectivity index is 2.78. The lowest BCUT2D eigenvalue weighted by atomic mass is 10.2. The third-order valence-corrected chi connectivity index (χ3v) is 4.40. The Morgan fingerprint density at radius 3 is 2.65 bits per heavy atom. The number of halogens is 1. The predicted molar refractivity (Wildman–Crippen MR) is 72.4 cm³/mol. The molecule has 0 aliphatic heterocycles. The molecule has 0 saturated carbocycles. The van der Waals surface area contributed by atoms with Gasteiger partial charge in [0.15, 0.2) is 6.04 Å². The first-order chi connectivity index (χ1) is 7.97. The van der Waals surface area contributed by atoms with Crippen molar-refractivity contribution in [1.82, 2.24) is 5.32 Å². The van der Waals surface area contributed by atoms with E-state index in [1.165, 1.54) is 18.4 Å². The summed E-state index contributed by atoms with van der Waals surface area (Å²) in [5, 5.41) is 13.2. The highest BCUT2D eigenvalue weighted by Gasteiger charge is 2.27. The number of thiophene rings is 1. The molecule has 0 aliphatic carbocycles. The van der Waals surface area contributed by atoms with Crippen LogP contribution in [-0.4, -0.2) is 36.2 Å². The lowest BCUT2D eigenvalue weighted by Crippen LogP contribution is -2.48. The molecule has 1 aromatic heterocycles. The number of ether oxygens (including phenoxy) is 1. The zero-order valence-corrected chi connectivity index (χ0v) is 12.2. The van der Waals surface area contributed by atoms with Crippen molar-refractivity contribution < 1.29 is 19.4 Å². The summed E-state index contributed by atoms with van der Waals surface area (Å²) in [7, 11) is 1.40. The van der Waals surface area contributed by atoms with Crippen molar-refractivity contribution in [3.63, 3.8) is 0 Å². The summed E-state index contributed by atoms with van der Waals surface area (Å²) in [5.41, 5.74) is 0. The first-order valence-electron chi connectivity index (χ1n) is 4.76. The highest BCUT2D eigenvalue weighted by atomic mass is 127. The Labute approximate surface area is 116 Å². The van der Waals surface area contributed by atoms with E-state index in [4.69, 9.17) is 9.84 Å². The molecule has 1 rings (SSSR count). The second-order valence-electron chi connectivity index (χ2n) is 3.33. The first-order valence-corrected chi connectivity index (χ1v) is 6.72. The van der Waals surface area contributed by atoms with E-state index in [0.717, 1.165) is 3.57 Å². The monoisotopic (exact) mass is 369 g/mol. The summed E-state index contributed by atoms with van der Waals surface area (Å²) in [4.78, 5) is 23.3. The van der Waals surface area contributed by atoms with Gasteiger partial charge >= 0.3 is 5.97 Å². The number of amides is 1. The molecule has 0 aliphatic rings. The van der Waals surface area contributed by atoms with Crippen molar-refractivity contribution in [2.45, 2.75) is 19.1 Å². The fourth-order valence-electron chi connectivity index (χ4n) is 1.18. The number of carbonyl (C=O) groups is 2. The normalized spacial score (nSPS) is 14.1. The quantitative estimate of drug-likeness (QED) is 0.773. The van der Waals surface area contributed by atoms with Gasteiger partial charge in [0.25, 0.3) is 5.91 Å². The Morgan fingerprint density at radius 1 is 1.59 bits per heavy atom. The van der Waals surface area contributed by atoms with Gasteiger partial charge in [-0.25, -0.2) is 4.79 Å². The standard InChI is InChI=1S/C10H12INO4S/c1-5(16-2)7(10(14)15)12-9(13)8-6(11)3-4-17-8/h3-5,7H,1-2H3,(H,12,13)(H,14,15)/t5-,7+/m1/s1. The average molecular weight is 369 g/mol. The minimum atomic E-state index is -1.11. The van der Waals surface area contributed by atoms with Crippen LogP contribution in [0.1, 0.15) is 16.6 Å². The van der Waals surface area contributed by atoms with E-state index in [1.54, 1.807) is 18.4 Å². The lowest BCUT2D eigenvalue weighted by Gasteiger charge is -2.19. The number of methoxy groups -OCH3 is 1. The molecule has 0 bridgehead atoms. The predicted octanol–water partition coefficient (Wildman–Crippen LogP) is 1.57. The van der Waals surface area contributed by atoms with E-state index in [-0.39, 0.29) is 5.91 Å². The van der Waals surface area contributed by atoms with Crippen LogP contribution in [0.15, 0.2) is 11.4 Å². The van der Waals surface area contributed by atoms with Crippen molar-refractivity contribution in [2.24, 2.45) is 0 Å². The topological polar surface area (TPSA) is 75.6 Å². The summed E-state index contributed by atoms with van der Waals surface area (Å²) in [6, 6.07) is 0.751. The molecule has 0 radical (unpaired) electrons. The lowest BCUT2D eigenvalue weighted by molar-refractivity contribution is -0.142. The molecule has 1 aromatic rings. The van der Waals surface area contributed by atoms with Gasteiger partial charge in [-0.2, -0.15) is 0 Å². The van der Waals surface area contributed by atoms with Gasteiger partial charge < -0.3 is 15.2 Å². The summed E-state index contributed by atoms with van der Waals surface area (Å²) < 4.78 is 5.73. The number of hydrogen-bond acceptors (Lipinski definition) is 4. The number of nitrogens with one attached hydrogen (secondary N) is 1. The second-order valence-corrected chi connectivity index (χ2v) is 5.41. The zero-order chi connectivity index (χ0) is 13.0. The van der Waals surface area contributed by atoms with Crippen LogP contribution < -0.4 is 5.32 Å². The largest absolute Gasteiger partial charge is 0.480 e. The average Bonchev–Trinajstić information content (AvgIpc) is 2.70. The van der Waals surface area contributed by atoms with Crippen molar-refractivity contribution in [1.29, 1.82) is 0 Å². The van der Waals surface area contributed by atoms with Gasteiger partial charge in [0.1, 0.15) is 4.88 Å². The first kappa shape index (κ1) is 14.4. The van der Waals surface area contributed by atoms with Gasteiger partial charge in [-0.05, 0) is 41.0 Å². The molecule has 5 nitrogen and oxygen atoms in total. The number of rotatable bonds is 5. The summed E-state index contributed by atoms with van der Waals surface area (Å²) in [5.74, 6) is -1.50. The molecular weight excluding hydrogens is 357 g/mol. The van der Waals surface area contributed by atoms with E-state index in [2.05, 4.69) is 5.32 Å². The summed E-state index contributed by atoms with van der Waals surface area (Å²) in [6.45, 7) is 1.60. The molecule has 2 atom stereocenters. The van der Waals surface area contributed by atoms with E-state index in [9.17, 15) is 9.59 Å².